The minimum Gasteiger partial charge on any atom is -0.296 e. The van der Waals surface area contributed by atoms with Crippen LogP contribution in [0.25, 0.3) is 11.5 Å². The van der Waals surface area contributed by atoms with Gasteiger partial charge < -0.3 is 0 Å². The van der Waals surface area contributed by atoms with E-state index in [2.05, 4.69) is 26.0 Å². The number of carbonyl (C=O) groups is 1. The second-order valence-corrected chi connectivity index (χ2v) is 5.06. The first-order chi connectivity index (χ1) is 9.13. The highest BCUT2D eigenvalue weighted by atomic mass is 79.9. The summed E-state index contributed by atoms with van der Waals surface area (Å²) in [5.41, 5.74) is 3.01. The molecule has 0 saturated heterocycles. The van der Waals surface area contributed by atoms with Crippen molar-refractivity contribution in [3.05, 3.63) is 46.0 Å². The molecule has 0 unspecified atom stereocenters. The summed E-state index contributed by atoms with van der Waals surface area (Å²) >= 11 is 3.48. The normalized spacial score (nSPS) is 11.1. The zero-order chi connectivity index (χ0) is 13.6. The van der Waals surface area contributed by atoms with Crippen LogP contribution in [0.4, 0.5) is 0 Å². The summed E-state index contributed by atoms with van der Waals surface area (Å²) in [7, 11) is 0. The summed E-state index contributed by atoms with van der Waals surface area (Å²) in [5, 5.41) is 4.42. The lowest BCUT2D eigenvalue weighted by Gasteiger charge is -2.00. The number of fused-ring (bicyclic) bond motifs is 1. The predicted octanol–water partition coefficient (Wildman–Crippen LogP) is 2.71. The Morgan fingerprint density at radius 3 is 2.74 bits per heavy atom. The van der Waals surface area contributed by atoms with Crippen molar-refractivity contribution in [1.29, 1.82) is 0 Å². The number of hydrogen-bond donors (Lipinski definition) is 0. The Morgan fingerprint density at radius 2 is 2.11 bits per heavy atom. The molecule has 6 heteroatoms. The molecule has 0 fully saturated rings. The maximum absolute atomic E-state index is 11.4. The molecule has 0 aliphatic rings. The molecule has 19 heavy (non-hydrogen) atoms. The quantitative estimate of drug-likeness (QED) is 0.683. The van der Waals surface area contributed by atoms with Crippen LogP contribution in [0.2, 0.25) is 0 Å². The summed E-state index contributed by atoms with van der Waals surface area (Å²) in [6, 6.07) is 5.61. The van der Waals surface area contributed by atoms with Crippen LogP contribution in [-0.4, -0.2) is 25.5 Å². The standard InChI is InChI=1S/C13H11BrN4O/c1-8-12(14)9(2)18(16-8)13-10(7-19)17-6-4-3-5-11(17)15-13/h3-7H,1-2H3. The van der Waals surface area contributed by atoms with Gasteiger partial charge in [-0.05, 0) is 41.9 Å². The maximum atomic E-state index is 11.4. The number of halogens is 1. The van der Waals surface area contributed by atoms with Gasteiger partial charge in [-0.15, -0.1) is 0 Å². The first kappa shape index (κ1) is 12.1. The third-order valence-corrected chi connectivity index (χ3v) is 4.21. The Kier molecular flexibility index (Phi) is 2.74. The van der Waals surface area contributed by atoms with Gasteiger partial charge >= 0.3 is 0 Å². The lowest BCUT2D eigenvalue weighted by Crippen LogP contribution is -2.03. The molecule has 0 radical (unpaired) electrons. The molecule has 0 aliphatic heterocycles. The topological polar surface area (TPSA) is 52.2 Å². The van der Waals surface area contributed by atoms with Crippen molar-refractivity contribution < 1.29 is 4.79 Å². The van der Waals surface area contributed by atoms with Gasteiger partial charge in [-0.3, -0.25) is 9.20 Å². The van der Waals surface area contributed by atoms with Gasteiger partial charge in [0.05, 0.1) is 15.9 Å². The Bertz CT molecular complexity index is 787. The average molecular weight is 319 g/mol. The highest BCUT2D eigenvalue weighted by Gasteiger charge is 2.18. The second-order valence-electron chi connectivity index (χ2n) is 4.26. The number of carbonyl (C=O) groups excluding carboxylic acids is 1. The maximum Gasteiger partial charge on any atom is 0.183 e. The van der Waals surface area contributed by atoms with Crippen LogP contribution in [0.15, 0.2) is 28.9 Å². The van der Waals surface area contributed by atoms with Gasteiger partial charge in [0.2, 0.25) is 0 Å². The molecular formula is C13H11BrN4O. The number of rotatable bonds is 2. The van der Waals surface area contributed by atoms with Crippen molar-refractivity contribution >= 4 is 27.9 Å². The molecule has 96 valence electrons. The number of aldehydes is 1. The SMILES string of the molecule is Cc1nn(-c2nc3ccccn3c2C=O)c(C)c1Br. The average Bonchev–Trinajstić information content (AvgIpc) is 2.91. The van der Waals surface area contributed by atoms with Crippen LogP contribution in [0.5, 0.6) is 0 Å². The van der Waals surface area contributed by atoms with Crippen LogP contribution in [0.3, 0.4) is 0 Å². The Balaban J connectivity index is 2.36. The molecule has 0 bridgehead atoms. The summed E-state index contributed by atoms with van der Waals surface area (Å²) < 4.78 is 4.38. The van der Waals surface area contributed by atoms with Gasteiger partial charge in [0.1, 0.15) is 11.3 Å². The molecule has 0 N–H and O–H groups in total. The number of aryl methyl sites for hydroxylation is 1. The Morgan fingerprint density at radius 1 is 1.32 bits per heavy atom. The molecule has 0 aliphatic carbocycles. The number of aromatic nitrogens is 4. The molecule has 3 aromatic heterocycles. The molecular weight excluding hydrogens is 308 g/mol. The lowest BCUT2D eigenvalue weighted by atomic mass is 10.4. The van der Waals surface area contributed by atoms with Crippen LogP contribution in [0, 0.1) is 13.8 Å². The highest BCUT2D eigenvalue weighted by Crippen LogP contribution is 2.24. The minimum atomic E-state index is 0.494. The highest BCUT2D eigenvalue weighted by molar-refractivity contribution is 9.10. The van der Waals surface area contributed by atoms with E-state index in [9.17, 15) is 4.79 Å². The molecule has 5 nitrogen and oxygen atoms in total. The fourth-order valence-corrected chi connectivity index (χ4v) is 2.34. The van der Waals surface area contributed by atoms with E-state index >= 15 is 0 Å². The zero-order valence-corrected chi connectivity index (χ0v) is 12.0. The molecule has 0 atom stereocenters. The first-order valence-electron chi connectivity index (χ1n) is 5.78. The molecule has 0 aromatic carbocycles. The van der Waals surface area contributed by atoms with E-state index in [0.29, 0.717) is 11.5 Å². The number of nitrogens with zero attached hydrogens (tertiary/aromatic N) is 4. The van der Waals surface area contributed by atoms with Crippen molar-refractivity contribution in [2.24, 2.45) is 0 Å². The fraction of sp³-hybridized carbons (Fsp3) is 0.154. The van der Waals surface area contributed by atoms with Crippen molar-refractivity contribution in [3.63, 3.8) is 0 Å². The summed E-state index contributed by atoms with van der Waals surface area (Å²) in [6.45, 7) is 3.84. The van der Waals surface area contributed by atoms with Crippen molar-refractivity contribution in [3.8, 4) is 5.82 Å². The summed E-state index contributed by atoms with van der Waals surface area (Å²) in [5.74, 6) is 0.549. The van der Waals surface area contributed by atoms with Crippen LogP contribution >= 0.6 is 15.9 Å². The van der Waals surface area contributed by atoms with Gasteiger partial charge in [-0.25, -0.2) is 9.67 Å². The van der Waals surface area contributed by atoms with Gasteiger partial charge in [0.25, 0.3) is 0 Å². The van der Waals surface area contributed by atoms with E-state index in [1.165, 1.54) is 0 Å². The van der Waals surface area contributed by atoms with Gasteiger partial charge in [0.15, 0.2) is 12.1 Å². The van der Waals surface area contributed by atoms with Crippen molar-refractivity contribution in [1.82, 2.24) is 19.2 Å². The summed E-state index contributed by atoms with van der Waals surface area (Å²) in [6.07, 6.45) is 2.62. The van der Waals surface area contributed by atoms with E-state index in [1.807, 2.05) is 38.2 Å². The smallest absolute Gasteiger partial charge is 0.183 e. The van der Waals surface area contributed by atoms with Crippen molar-refractivity contribution in [2.45, 2.75) is 13.8 Å². The number of hydrogen-bond acceptors (Lipinski definition) is 3. The summed E-state index contributed by atoms with van der Waals surface area (Å²) in [4.78, 5) is 15.8. The monoisotopic (exact) mass is 318 g/mol. The molecule has 0 saturated carbocycles. The number of pyridine rings is 1. The van der Waals surface area contributed by atoms with E-state index in [0.717, 1.165) is 27.8 Å². The number of imidazole rings is 1. The molecule has 3 heterocycles. The van der Waals surface area contributed by atoms with Crippen LogP contribution in [0.1, 0.15) is 21.9 Å². The minimum absolute atomic E-state index is 0.494. The Labute approximate surface area is 118 Å². The molecule has 0 spiro atoms. The predicted molar refractivity (Wildman–Crippen MR) is 74.9 cm³/mol. The zero-order valence-electron chi connectivity index (χ0n) is 10.5. The van der Waals surface area contributed by atoms with E-state index < -0.39 is 0 Å². The van der Waals surface area contributed by atoms with E-state index in [-0.39, 0.29) is 0 Å². The van der Waals surface area contributed by atoms with Crippen LogP contribution < -0.4 is 0 Å². The van der Waals surface area contributed by atoms with E-state index in [1.54, 1.807) is 9.08 Å². The lowest BCUT2D eigenvalue weighted by molar-refractivity contribution is 0.111. The molecule has 0 amide bonds. The molecule has 3 aromatic rings. The molecule has 3 rings (SSSR count). The largest absolute Gasteiger partial charge is 0.296 e. The second kappa shape index (κ2) is 4.31. The van der Waals surface area contributed by atoms with Crippen molar-refractivity contribution in [2.75, 3.05) is 0 Å². The third-order valence-electron chi connectivity index (χ3n) is 3.06. The third kappa shape index (κ3) is 1.71. The van der Waals surface area contributed by atoms with Gasteiger partial charge in [-0.1, -0.05) is 6.07 Å². The van der Waals surface area contributed by atoms with Gasteiger partial charge in [-0.2, -0.15) is 5.10 Å². The fourth-order valence-electron chi connectivity index (χ4n) is 2.10. The van der Waals surface area contributed by atoms with E-state index in [4.69, 9.17) is 0 Å². The first-order valence-corrected chi connectivity index (χ1v) is 6.57. The van der Waals surface area contributed by atoms with Gasteiger partial charge in [0, 0.05) is 6.20 Å². The Hall–Kier alpha value is -1.95. The van der Waals surface area contributed by atoms with Crippen LogP contribution in [-0.2, 0) is 0 Å².